The van der Waals surface area contributed by atoms with Gasteiger partial charge in [-0.05, 0) is 25.8 Å². The van der Waals surface area contributed by atoms with Gasteiger partial charge in [0.25, 0.3) is 5.91 Å². The second-order valence-corrected chi connectivity index (χ2v) is 6.06. The lowest BCUT2D eigenvalue weighted by atomic mass is 9.80. The van der Waals surface area contributed by atoms with Crippen molar-refractivity contribution in [3.8, 4) is 0 Å². The highest BCUT2D eigenvalue weighted by atomic mass is 16.6. The quantitative estimate of drug-likeness (QED) is 0.881. The molecule has 124 valence electrons. The number of fused-ring (bicyclic) bond motifs is 2. The molecule has 0 radical (unpaired) electrons. The van der Waals surface area contributed by atoms with Crippen molar-refractivity contribution < 1.29 is 23.8 Å². The van der Waals surface area contributed by atoms with Crippen LogP contribution in [0.1, 0.15) is 31.9 Å². The molecule has 1 N–H and O–H groups in total. The summed E-state index contributed by atoms with van der Waals surface area (Å²) in [5.41, 5.74) is -0.806. The topological polar surface area (TPSA) is 99.6 Å². The van der Waals surface area contributed by atoms with Gasteiger partial charge in [0, 0.05) is 12.6 Å². The van der Waals surface area contributed by atoms with E-state index in [9.17, 15) is 9.59 Å². The van der Waals surface area contributed by atoms with E-state index in [1.807, 2.05) is 6.92 Å². The Hall–Kier alpha value is -2.06. The van der Waals surface area contributed by atoms with Crippen LogP contribution in [0, 0.1) is 0 Å². The number of alkyl carbamates (subject to hydrolysis) is 1. The Morgan fingerprint density at radius 1 is 1.48 bits per heavy atom. The number of ether oxygens (including phenoxy) is 3. The lowest BCUT2D eigenvalue weighted by Crippen LogP contribution is -2.48. The lowest BCUT2D eigenvalue weighted by Gasteiger charge is -2.29. The molecule has 2 fully saturated rings. The predicted molar refractivity (Wildman–Crippen MR) is 77.2 cm³/mol. The fraction of sp³-hybridized carbons (Fsp3) is 0.600. The van der Waals surface area contributed by atoms with E-state index in [-0.39, 0.29) is 6.10 Å². The molecular formula is C15H19N3O5. The van der Waals surface area contributed by atoms with Crippen LogP contribution in [0.5, 0.6) is 0 Å². The van der Waals surface area contributed by atoms with Crippen LogP contribution in [0.15, 0.2) is 18.6 Å². The minimum absolute atomic E-state index is 0.241. The summed E-state index contributed by atoms with van der Waals surface area (Å²) in [5.74, 6) is -0.471. The molecule has 0 aliphatic carbocycles. The molecule has 0 aromatic carbocycles. The lowest BCUT2D eigenvalue weighted by molar-refractivity contribution is -0.143. The van der Waals surface area contributed by atoms with E-state index < -0.39 is 23.2 Å². The molecule has 2 aliphatic rings. The van der Waals surface area contributed by atoms with E-state index in [2.05, 4.69) is 20.0 Å². The van der Waals surface area contributed by atoms with Gasteiger partial charge in [-0.3, -0.25) is 10.1 Å². The van der Waals surface area contributed by atoms with Crippen molar-refractivity contribution in [2.24, 2.45) is 0 Å². The molecule has 2 bridgehead atoms. The highest BCUT2D eigenvalue weighted by Gasteiger charge is 2.63. The van der Waals surface area contributed by atoms with Crippen molar-refractivity contribution in [3.05, 3.63) is 24.3 Å². The van der Waals surface area contributed by atoms with E-state index in [4.69, 9.17) is 9.47 Å². The largest absolute Gasteiger partial charge is 0.453 e. The Morgan fingerprint density at radius 2 is 2.30 bits per heavy atom. The predicted octanol–water partition coefficient (Wildman–Crippen LogP) is 0.956. The van der Waals surface area contributed by atoms with E-state index in [1.165, 1.54) is 13.4 Å². The van der Waals surface area contributed by atoms with Crippen molar-refractivity contribution in [2.45, 2.75) is 50.1 Å². The van der Waals surface area contributed by atoms with Gasteiger partial charge in [0.2, 0.25) is 0 Å². The van der Waals surface area contributed by atoms with Gasteiger partial charge in [-0.15, -0.1) is 0 Å². The first-order chi connectivity index (χ1) is 11.0. The maximum Gasteiger partial charge on any atom is 0.413 e. The Labute approximate surface area is 133 Å². The summed E-state index contributed by atoms with van der Waals surface area (Å²) in [7, 11) is 1.21. The molecule has 1 aromatic heterocycles. The molecule has 3 atom stereocenters. The van der Waals surface area contributed by atoms with Crippen LogP contribution in [0.25, 0.3) is 0 Å². The zero-order valence-electron chi connectivity index (χ0n) is 13.1. The van der Waals surface area contributed by atoms with Crippen molar-refractivity contribution in [1.29, 1.82) is 0 Å². The number of amides is 2. The first-order valence-corrected chi connectivity index (χ1v) is 7.43. The molecule has 8 heteroatoms. The fourth-order valence-electron chi connectivity index (χ4n) is 3.22. The average Bonchev–Trinajstić information content (AvgIpc) is 3.06. The number of nitrogens with one attached hydrogen (secondary N) is 1. The van der Waals surface area contributed by atoms with Gasteiger partial charge in [0.05, 0.1) is 31.1 Å². The maximum atomic E-state index is 12.3. The van der Waals surface area contributed by atoms with Crippen LogP contribution in [-0.2, 0) is 25.6 Å². The van der Waals surface area contributed by atoms with Gasteiger partial charge in [-0.1, -0.05) is 0 Å². The van der Waals surface area contributed by atoms with E-state index >= 15 is 0 Å². The van der Waals surface area contributed by atoms with Crippen LogP contribution in [0.3, 0.4) is 0 Å². The highest BCUT2D eigenvalue weighted by molar-refractivity contribution is 5.97. The van der Waals surface area contributed by atoms with E-state index in [0.29, 0.717) is 25.9 Å². The molecule has 0 saturated carbocycles. The third kappa shape index (κ3) is 2.91. The van der Waals surface area contributed by atoms with Crippen molar-refractivity contribution in [2.75, 3.05) is 7.11 Å². The smallest absolute Gasteiger partial charge is 0.413 e. The molecule has 8 nitrogen and oxygen atoms in total. The second-order valence-electron chi connectivity index (χ2n) is 6.06. The fourth-order valence-corrected chi connectivity index (χ4v) is 3.22. The molecule has 2 amide bonds. The van der Waals surface area contributed by atoms with Crippen molar-refractivity contribution in [1.82, 2.24) is 15.3 Å². The maximum absolute atomic E-state index is 12.3. The number of aromatic nitrogens is 2. The van der Waals surface area contributed by atoms with Crippen molar-refractivity contribution in [3.63, 3.8) is 0 Å². The van der Waals surface area contributed by atoms with Gasteiger partial charge in [0.1, 0.15) is 6.33 Å². The normalized spacial score (nSPS) is 31.8. The summed E-state index contributed by atoms with van der Waals surface area (Å²) >= 11 is 0. The summed E-state index contributed by atoms with van der Waals surface area (Å²) in [4.78, 5) is 31.6. The number of rotatable bonds is 4. The molecule has 3 unspecified atom stereocenters. The minimum Gasteiger partial charge on any atom is -0.453 e. The number of carbonyl (C=O) groups excluding carboxylic acids is 2. The number of methoxy groups -OCH3 is 1. The van der Waals surface area contributed by atoms with Crippen LogP contribution in [0.2, 0.25) is 0 Å². The SMILES string of the molecule is COC(=O)NC(=O)C12CCC(C)(O1)C(OCc1ccncn1)C2. The zero-order valence-corrected chi connectivity index (χ0v) is 13.1. The van der Waals surface area contributed by atoms with Gasteiger partial charge in [-0.2, -0.15) is 0 Å². The van der Waals surface area contributed by atoms with Crippen LogP contribution >= 0.6 is 0 Å². The molecule has 1 aromatic rings. The summed E-state index contributed by atoms with van der Waals surface area (Å²) in [6, 6.07) is 1.77. The molecule has 23 heavy (non-hydrogen) atoms. The molecular weight excluding hydrogens is 302 g/mol. The Bertz CT molecular complexity index is 610. The standard InChI is InChI=1S/C15H19N3O5/c1-14-4-5-15(23-14,12(19)18-13(20)21-2)7-11(14)22-8-10-3-6-16-9-17-10/h3,6,9,11H,4-5,7-8H2,1-2H3,(H,18,19,20). The number of nitrogens with zero attached hydrogens (tertiary/aromatic N) is 2. The summed E-state index contributed by atoms with van der Waals surface area (Å²) in [5, 5.41) is 2.20. The Morgan fingerprint density at radius 3 is 3.00 bits per heavy atom. The highest BCUT2D eigenvalue weighted by Crippen LogP contribution is 2.52. The molecule has 2 aliphatic heterocycles. The first-order valence-electron chi connectivity index (χ1n) is 7.43. The number of hydrogen-bond donors (Lipinski definition) is 1. The third-order valence-electron chi connectivity index (χ3n) is 4.54. The van der Waals surface area contributed by atoms with Crippen molar-refractivity contribution >= 4 is 12.0 Å². The van der Waals surface area contributed by atoms with Gasteiger partial charge in [0.15, 0.2) is 5.60 Å². The first kappa shape index (κ1) is 15.8. The molecule has 3 rings (SSSR count). The summed E-state index contributed by atoms with van der Waals surface area (Å²) in [6.45, 7) is 2.25. The Kier molecular flexibility index (Phi) is 4.03. The average molecular weight is 321 g/mol. The number of imide groups is 1. The van der Waals surface area contributed by atoms with Gasteiger partial charge < -0.3 is 14.2 Å². The summed E-state index contributed by atoms with van der Waals surface area (Å²) in [6.07, 6.45) is 3.73. The molecule has 0 spiro atoms. The van der Waals surface area contributed by atoms with Crippen LogP contribution in [-0.4, -0.2) is 46.4 Å². The second kappa shape index (κ2) is 5.86. The monoisotopic (exact) mass is 321 g/mol. The third-order valence-corrected chi connectivity index (χ3v) is 4.54. The van der Waals surface area contributed by atoms with E-state index in [0.717, 1.165) is 5.69 Å². The molecule has 2 saturated heterocycles. The van der Waals surface area contributed by atoms with E-state index in [1.54, 1.807) is 12.3 Å². The number of hydrogen-bond acceptors (Lipinski definition) is 7. The minimum atomic E-state index is -1.03. The van der Waals surface area contributed by atoms with Crippen LogP contribution in [0.4, 0.5) is 4.79 Å². The van der Waals surface area contributed by atoms with Gasteiger partial charge >= 0.3 is 6.09 Å². The zero-order chi connectivity index (χ0) is 16.5. The number of carbonyl (C=O) groups is 2. The molecule has 3 heterocycles. The summed E-state index contributed by atoms with van der Waals surface area (Å²) < 4.78 is 16.4. The van der Waals surface area contributed by atoms with Gasteiger partial charge in [-0.25, -0.2) is 14.8 Å². The Balaban J connectivity index is 1.66. The van der Waals surface area contributed by atoms with Crippen LogP contribution < -0.4 is 5.32 Å².